The lowest BCUT2D eigenvalue weighted by Gasteiger charge is -2.34. The van der Waals surface area contributed by atoms with Crippen LogP contribution in [0.25, 0.3) is 0 Å². The lowest BCUT2D eigenvalue weighted by atomic mass is 10.2. The molecule has 2 aliphatic heterocycles. The summed E-state index contributed by atoms with van der Waals surface area (Å²) in [6, 6.07) is 1.79. The molecule has 0 N–H and O–H groups in total. The van der Waals surface area contributed by atoms with Gasteiger partial charge in [0.05, 0.1) is 12.2 Å². The van der Waals surface area contributed by atoms with Crippen LogP contribution in [0, 0.1) is 0 Å². The zero-order chi connectivity index (χ0) is 18.9. The van der Waals surface area contributed by atoms with Crippen LogP contribution in [0.5, 0.6) is 0 Å². The summed E-state index contributed by atoms with van der Waals surface area (Å²) in [7, 11) is 0. The molecule has 1 aliphatic carbocycles. The van der Waals surface area contributed by atoms with Gasteiger partial charge in [0.25, 0.3) is 5.56 Å². The van der Waals surface area contributed by atoms with Crippen molar-refractivity contribution in [1.82, 2.24) is 24.7 Å². The Morgan fingerprint density at radius 1 is 1.07 bits per heavy atom. The first kappa shape index (κ1) is 18.4. The van der Waals surface area contributed by atoms with Gasteiger partial charge in [0.1, 0.15) is 11.5 Å². The summed E-state index contributed by atoms with van der Waals surface area (Å²) < 4.78 is 7.15. The fourth-order valence-electron chi connectivity index (χ4n) is 4.44. The maximum absolute atomic E-state index is 12.3. The molecule has 5 rings (SSSR count). The van der Waals surface area contributed by atoms with Crippen LogP contribution < -0.4 is 5.56 Å². The number of rotatable bonds is 5. The van der Waals surface area contributed by atoms with Crippen LogP contribution in [-0.2, 0) is 38.1 Å². The van der Waals surface area contributed by atoms with Crippen LogP contribution >= 0.6 is 11.8 Å². The Balaban J connectivity index is 1.13. The van der Waals surface area contributed by atoms with E-state index in [0.29, 0.717) is 6.54 Å². The smallest absolute Gasteiger partial charge is 0.267 e. The Bertz CT molecular complexity index is 900. The van der Waals surface area contributed by atoms with Gasteiger partial charge < -0.3 is 4.52 Å². The molecule has 1 fully saturated rings. The maximum Gasteiger partial charge on any atom is 0.267 e. The van der Waals surface area contributed by atoms with Crippen LogP contribution in [0.4, 0.5) is 0 Å². The molecule has 0 aromatic carbocycles. The molecule has 1 saturated heterocycles. The molecule has 0 spiro atoms. The number of aromatic nitrogens is 3. The molecule has 8 heteroatoms. The molecule has 0 bridgehead atoms. The zero-order valence-corrected chi connectivity index (χ0v) is 17.0. The number of thioether (sulfide) groups is 1. The molecule has 4 heterocycles. The van der Waals surface area contributed by atoms with Crippen molar-refractivity contribution in [2.45, 2.75) is 44.5 Å². The standard InChI is InChI=1S/C20H27N5O2S/c26-20-12-15-14-28-11-4-17(15)21-25(20)10-9-23-5-7-24(8-6-23)13-18-16-2-1-3-19(16)27-22-18/h12H,1-11,13-14H2. The Morgan fingerprint density at radius 2 is 1.93 bits per heavy atom. The third-order valence-corrected chi connectivity index (χ3v) is 7.16. The fourth-order valence-corrected chi connectivity index (χ4v) is 5.40. The molecule has 0 saturated carbocycles. The van der Waals surface area contributed by atoms with Gasteiger partial charge in [-0.05, 0) is 24.2 Å². The lowest BCUT2D eigenvalue weighted by Crippen LogP contribution is -2.47. The van der Waals surface area contributed by atoms with Crippen molar-refractivity contribution in [1.29, 1.82) is 0 Å². The van der Waals surface area contributed by atoms with Gasteiger partial charge in [0, 0.05) is 69.5 Å². The molecule has 7 nitrogen and oxygen atoms in total. The van der Waals surface area contributed by atoms with Crippen LogP contribution in [0.1, 0.15) is 34.7 Å². The minimum Gasteiger partial charge on any atom is -0.361 e. The third-order valence-electron chi connectivity index (χ3n) is 6.15. The van der Waals surface area contributed by atoms with E-state index in [1.807, 2.05) is 11.8 Å². The highest BCUT2D eigenvalue weighted by Gasteiger charge is 2.24. The summed E-state index contributed by atoms with van der Waals surface area (Å²) in [6.07, 6.45) is 4.34. The van der Waals surface area contributed by atoms with Gasteiger partial charge in [-0.1, -0.05) is 5.16 Å². The molecule has 0 unspecified atom stereocenters. The largest absolute Gasteiger partial charge is 0.361 e. The van der Waals surface area contributed by atoms with Crippen molar-refractivity contribution < 1.29 is 4.52 Å². The first-order valence-electron chi connectivity index (χ1n) is 10.3. The Kier molecular flexibility index (Phi) is 5.26. The summed E-state index contributed by atoms with van der Waals surface area (Å²) in [5.41, 5.74) is 4.79. The summed E-state index contributed by atoms with van der Waals surface area (Å²) in [6.45, 7) is 6.57. The van der Waals surface area contributed by atoms with E-state index in [-0.39, 0.29) is 5.56 Å². The van der Waals surface area contributed by atoms with Gasteiger partial charge in [0.15, 0.2) is 0 Å². The predicted molar refractivity (Wildman–Crippen MR) is 109 cm³/mol. The van der Waals surface area contributed by atoms with E-state index < -0.39 is 0 Å². The topological polar surface area (TPSA) is 67.4 Å². The van der Waals surface area contributed by atoms with E-state index in [1.54, 1.807) is 10.7 Å². The molecule has 0 radical (unpaired) electrons. The predicted octanol–water partition coefficient (Wildman–Crippen LogP) is 1.33. The van der Waals surface area contributed by atoms with Crippen LogP contribution in [0.2, 0.25) is 0 Å². The number of piperazine rings is 1. The van der Waals surface area contributed by atoms with Crippen molar-refractivity contribution in [3.05, 3.63) is 44.7 Å². The van der Waals surface area contributed by atoms with Gasteiger partial charge in [-0.25, -0.2) is 4.68 Å². The van der Waals surface area contributed by atoms with Crippen LogP contribution in [0.15, 0.2) is 15.4 Å². The number of hydrogen-bond donors (Lipinski definition) is 0. The average molecular weight is 402 g/mol. The minimum absolute atomic E-state index is 0.0415. The molecule has 150 valence electrons. The van der Waals surface area contributed by atoms with Crippen molar-refractivity contribution >= 4 is 11.8 Å². The number of fused-ring (bicyclic) bond motifs is 2. The Morgan fingerprint density at radius 3 is 2.82 bits per heavy atom. The normalized spacial score (nSPS) is 20.3. The van der Waals surface area contributed by atoms with Gasteiger partial charge in [0.2, 0.25) is 0 Å². The molecule has 0 amide bonds. The molecule has 3 aliphatic rings. The summed E-state index contributed by atoms with van der Waals surface area (Å²) in [5.74, 6) is 3.14. The van der Waals surface area contributed by atoms with E-state index in [0.717, 1.165) is 92.7 Å². The van der Waals surface area contributed by atoms with Crippen molar-refractivity contribution in [2.24, 2.45) is 0 Å². The van der Waals surface area contributed by atoms with Crippen LogP contribution in [0.3, 0.4) is 0 Å². The highest BCUT2D eigenvalue weighted by molar-refractivity contribution is 7.98. The molecule has 28 heavy (non-hydrogen) atoms. The second-order valence-electron chi connectivity index (χ2n) is 7.98. The van der Waals surface area contributed by atoms with E-state index >= 15 is 0 Å². The van der Waals surface area contributed by atoms with E-state index in [1.165, 1.54) is 12.0 Å². The SMILES string of the molecule is O=c1cc2c(nn1CCN1CCN(Cc3noc4c3CCC4)CC1)CCSC2. The monoisotopic (exact) mass is 401 g/mol. The fraction of sp³-hybridized carbons (Fsp3) is 0.650. The summed E-state index contributed by atoms with van der Waals surface area (Å²) in [4.78, 5) is 17.2. The highest BCUT2D eigenvalue weighted by Crippen LogP contribution is 2.26. The molecular formula is C20H27N5O2S. The first-order valence-corrected chi connectivity index (χ1v) is 11.5. The summed E-state index contributed by atoms with van der Waals surface area (Å²) in [5, 5.41) is 8.92. The Labute approximate surface area is 169 Å². The second kappa shape index (κ2) is 8.00. The number of aryl methyl sites for hydroxylation is 2. The second-order valence-corrected chi connectivity index (χ2v) is 9.09. The van der Waals surface area contributed by atoms with Gasteiger partial charge >= 0.3 is 0 Å². The van der Waals surface area contributed by atoms with E-state index in [9.17, 15) is 4.79 Å². The molecule has 2 aromatic rings. The van der Waals surface area contributed by atoms with Gasteiger partial charge in [-0.3, -0.25) is 14.6 Å². The summed E-state index contributed by atoms with van der Waals surface area (Å²) >= 11 is 1.88. The minimum atomic E-state index is 0.0415. The third kappa shape index (κ3) is 3.77. The quantitative estimate of drug-likeness (QED) is 0.749. The zero-order valence-electron chi connectivity index (χ0n) is 16.2. The van der Waals surface area contributed by atoms with Crippen molar-refractivity contribution in [3.63, 3.8) is 0 Å². The van der Waals surface area contributed by atoms with Crippen molar-refractivity contribution in [3.8, 4) is 0 Å². The van der Waals surface area contributed by atoms with E-state index in [2.05, 4.69) is 20.1 Å². The van der Waals surface area contributed by atoms with Crippen LogP contribution in [-0.4, -0.2) is 63.2 Å². The molecule has 2 aromatic heterocycles. The Hall–Kier alpha value is -1.64. The van der Waals surface area contributed by atoms with Gasteiger partial charge in [-0.2, -0.15) is 16.9 Å². The molecular weight excluding hydrogens is 374 g/mol. The number of hydrogen-bond acceptors (Lipinski definition) is 7. The van der Waals surface area contributed by atoms with Gasteiger partial charge in [-0.15, -0.1) is 0 Å². The van der Waals surface area contributed by atoms with Crippen molar-refractivity contribution in [2.75, 3.05) is 38.5 Å². The number of nitrogens with zero attached hydrogens (tertiary/aromatic N) is 5. The average Bonchev–Trinajstić information content (AvgIpc) is 3.33. The molecule has 0 atom stereocenters. The lowest BCUT2D eigenvalue weighted by molar-refractivity contribution is 0.120. The maximum atomic E-state index is 12.3. The first-order chi connectivity index (χ1) is 13.8. The van der Waals surface area contributed by atoms with E-state index in [4.69, 9.17) is 4.52 Å². The highest BCUT2D eigenvalue weighted by atomic mass is 32.2.